The van der Waals surface area contributed by atoms with E-state index in [9.17, 15) is 14.4 Å². The molecular formula is C17H19N3O3. The van der Waals surface area contributed by atoms with Crippen molar-refractivity contribution in [2.24, 2.45) is 5.73 Å². The molecule has 6 heteroatoms. The van der Waals surface area contributed by atoms with E-state index in [-0.39, 0.29) is 18.4 Å². The third-order valence-electron chi connectivity index (χ3n) is 4.00. The van der Waals surface area contributed by atoms with Crippen LogP contribution in [0.3, 0.4) is 0 Å². The SMILES string of the molecule is Cc1ccccc1C(=O)N(C=O)C1CCC(=N)/C(=C\C(N)=O)C1. The molecule has 1 aliphatic rings. The van der Waals surface area contributed by atoms with Crippen LogP contribution in [0.15, 0.2) is 35.9 Å². The van der Waals surface area contributed by atoms with E-state index in [1.165, 1.54) is 6.08 Å². The summed E-state index contributed by atoms with van der Waals surface area (Å²) in [5.74, 6) is -0.997. The highest BCUT2D eigenvalue weighted by Gasteiger charge is 2.30. The van der Waals surface area contributed by atoms with E-state index in [4.69, 9.17) is 11.1 Å². The van der Waals surface area contributed by atoms with Gasteiger partial charge in [0.2, 0.25) is 12.3 Å². The van der Waals surface area contributed by atoms with E-state index in [0.29, 0.717) is 36.1 Å². The molecule has 1 fully saturated rings. The molecule has 23 heavy (non-hydrogen) atoms. The van der Waals surface area contributed by atoms with Gasteiger partial charge in [-0.2, -0.15) is 0 Å². The van der Waals surface area contributed by atoms with Gasteiger partial charge in [0, 0.05) is 23.4 Å². The van der Waals surface area contributed by atoms with Gasteiger partial charge in [-0.15, -0.1) is 0 Å². The van der Waals surface area contributed by atoms with Crippen LogP contribution in [0.25, 0.3) is 0 Å². The van der Waals surface area contributed by atoms with E-state index in [0.717, 1.165) is 10.5 Å². The molecule has 0 aromatic heterocycles. The molecular weight excluding hydrogens is 294 g/mol. The molecule has 0 radical (unpaired) electrons. The molecule has 120 valence electrons. The predicted molar refractivity (Wildman–Crippen MR) is 86.1 cm³/mol. The molecule has 2 rings (SSSR count). The van der Waals surface area contributed by atoms with Crippen molar-refractivity contribution in [2.45, 2.75) is 32.2 Å². The maximum absolute atomic E-state index is 12.6. The third kappa shape index (κ3) is 3.71. The lowest BCUT2D eigenvalue weighted by molar-refractivity contribution is -0.117. The molecule has 3 amide bonds. The molecule has 0 saturated heterocycles. The lowest BCUT2D eigenvalue weighted by Crippen LogP contribution is -2.42. The Morgan fingerprint density at radius 3 is 2.65 bits per heavy atom. The van der Waals surface area contributed by atoms with Crippen LogP contribution in [0.5, 0.6) is 0 Å². The van der Waals surface area contributed by atoms with Crippen molar-refractivity contribution in [1.82, 2.24) is 4.90 Å². The second-order valence-electron chi connectivity index (χ2n) is 5.58. The zero-order chi connectivity index (χ0) is 17.0. The monoisotopic (exact) mass is 313 g/mol. The summed E-state index contributed by atoms with van der Waals surface area (Å²) >= 11 is 0. The van der Waals surface area contributed by atoms with E-state index in [1.54, 1.807) is 12.1 Å². The molecule has 1 aromatic rings. The smallest absolute Gasteiger partial charge is 0.260 e. The summed E-state index contributed by atoms with van der Waals surface area (Å²) in [5, 5.41) is 7.86. The Hall–Kier alpha value is -2.76. The molecule has 0 aliphatic heterocycles. The number of amides is 3. The van der Waals surface area contributed by atoms with Crippen molar-refractivity contribution in [3.05, 3.63) is 47.0 Å². The second kappa shape index (κ2) is 7.00. The summed E-state index contributed by atoms with van der Waals surface area (Å²) in [5.41, 5.74) is 7.23. The van der Waals surface area contributed by atoms with Gasteiger partial charge in [-0.05, 0) is 43.4 Å². The number of rotatable bonds is 4. The average Bonchev–Trinajstić information content (AvgIpc) is 2.51. The summed E-state index contributed by atoms with van der Waals surface area (Å²) in [6.07, 6.45) is 2.91. The number of imide groups is 1. The van der Waals surface area contributed by atoms with Crippen molar-refractivity contribution in [3.8, 4) is 0 Å². The highest BCUT2D eigenvalue weighted by Crippen LogP contribution is 2.26. The number of carbonyl (C=O) groups is 3. The normalized spacial score (nSPS) is 19.4. The Bertz CT molecular complexity index is 694. The molecule has 0 bridgehead atoms. The Kier molecular flexibility index (Phi) is 5.05. The molecule has 3 N–H and O–H groups in total. The van der Waals surface area contributed by atoms with Crippen molar-refractivity contribution >= 4 is 23.9 Å². The minimum atomic E-state index is -0.631. The minimum absolute atomic E-state index is 0.276. The van der Waals surface area contributed by atoms with Crippen LogP contribution in [-0.4, -0.2) is 34.9 Å². The summed E-state index contributed by atoms with van der Waals surface area (Å²) < 4.78 is 0. The molecule has 1 saturated carbocycles. The lowest BCUT2D eigenvalue weighted by atomic mass is 9.87. The summed E-state index contributed by atoms with van der Waals surface area (Å²) in [7, 11) is 0. The van der Waals surface area contributed by atoms with Crippen LogP contribution < -0.4 is 5.73 Å². The van der Waals surface area contributed by atoms with Crippen molar-refractivity contribution < 1.29 is 14.4 Å². The fourth-order valence-corrected chi connectivity index (χ4v) is 2.76. The summed E-state index contributed by atoms with van der Waals surface area (Å²) in [6, 6.07) is 6.69. The van der Waals surface area contributed by atoms with E-state index >= 15 is 0 Å². The van der Waals surface area contributed by atoms with Crippen LogP contribution in [0.4, 0.5) is 0 Å². The largest absolute Gasteiger partial charge is 0.366 e. The molecule has 1 aromatic carbocycles. The maximum Gasteiger partial charge on any atom is 0.260 e. The third-order valence-corrected chi connectivity index (χ3v) is 4.00. The molecule has 6 nitrogen and oxygen atoms in total. The first-order valence-corrected chi connectivity index (χ1v) is 7.35. The number of nitrogens with one attached hydrogen (secondary N) is 1. The van der Waals surface area contributed by atoms with E-state index in [1.807, 2.05) is 19.1 Å². The second-order valence-corrected chi connectivity index (χ2v) is 5.58. The van der Waals surface area contributed by atoms with Crippen molar-refractivity contribution in [2.75, 3.05) is 0 Å². The Labute approximate surface area is 134 Å². The summed E-state index contributed by atoms with van der Waals surface area (Å²) in [4.78, 5) is 36.3. The van der Waals surface area contributed by atoms with Crippen molar-refractivity contribution in [1.29, 1.82) is 5.41 Å². The number of benzene rings is 1. The number of nitrogens with two attached hydrogens (primary N) is 1. The van der Waals surface area contributed by atoms with Crippen molar-refractivity contribution in [3.63, 3.8) is 0 Å². The Morgan fingerprint density at radius 1 is 1.35 bits per heavy atom. The van der Waals surface area contributed by atoms with Crippen LogP contribution in [0, 0.1) is 12.3 Å². The van der Waals surface area contributed by atoms with Crippen LogP contribution in [0.1, 0.15) is 35.2 Å². The number of nitrogens with zero attached hydrogens (tertiary/aromatic N) is 1. The van der Waals surface area contributed by atoms with Gasteiger partial charge in [-0.1, -0.05) is 18.2 Å². The van der Waals surface area contributed by atoms with Crippen LogP contribution >= 0.6 is 0 Å². The van der Waals surface area contributed by atoms with Gasteiger partial charge in [0.05, 0.1) is 0 Å². The molecule has 1 aliphatic carbocycles. The summed E-state index contributed by atoms with van der Waals surface area (Å²) in [6.45, 7) is 1.81. The average molecular weight is 313 g/mol. The van der Waals surface area contributed by atoms with Gasteiger partial charge in [-0.3, -0.25) is 19.3 Å². The highest BCUT2D eigenvalue weighted by atomic mass is 16.2. The fraction of sp³-hybridized carbons (Fsp3) is 0.294. The molecule has 1 unspecified atom stereocenters. The number of carbonyl (C=O) groups excluding carboxylic acids is 3. The Balaban J connectivity index is 2.26. The molecule has 0 heterocycles. The van der Waals surface area contributed by atoms with Gasteiger partial charge < -0.3 is 11.1 Å². The van der Waals surface area contributed by atoms with Gasteiger partial charge >= 0.3 is 0 Å². The minimum Gasteiger partial charge on any atom is -0.366 e. The zero-order valence-corrected chi connectivity index (χ0v) is 12.9. The first-order chi connectivity index (χ1) is 10.9. The van der Waals surface area contributed by atoms with E-state index < -0.39 is 5.91 Å². The maximum atomic E-state index is 12.6. The van der Waals surface area contributed by atoms with Crippen LogP contribution in [0.2, 0.25) is 0 Å². The number of aryl methyl sites for hydroxylation is 1. The fourth-order valence-electron chi connectivity index (χ4n) is 2.76. The first kappa shape index (κ1) is 16.6. The Morgan fingerprint density at radius 2 is 2.04 bits per heavy atom. The number of primary amides is 1. The lowest BCUT2D eigenvalue weighted by Gasteiger charge is -2.31. The highest BCUT2D eigenvalue weighted by molar-refractivity contribution is 6.05. The molecule has 1 atom stereocenters. The van der Waals surface area contributed by atoms with E-state index in [2.05, 4.69) is 0 Å². The standard InChI is InChI=1S/C17H19N3O3/c1-11-4-2-3-5-14(11)17(23)20(10-21)13-6-7-15(18)12(8-13)9-16(19)22/h2-5,9-10,13,18H,6-8H2,1H3,(H2,19,22)/b12-9-,18-15?. The van der Waals surface area contributed by atoms with Gasteiger partial charge in [0.15, 0.2) is 0 Å². The van der Waals surface area contributed by atoms with Gasteiger partial charge in [-0.25, -0.2) is 0 Å². The molecule has 0 spiro atoms. The van der Waals surface area contributed by atoms with Gasteiger partial charge in [0.25, 0.3) is 5.91 Å². The quantitative estimate of drug-likeness (QED) is 0.651. The zero-order valence-electron chi connectivity index (χ0n) is 12.9. The predicted octanol–water partition coefficient (Wildman–Crippen LogP) is 1.58. The first-order valence-electron chi connectivity index (χ1n) is 7.35. The van der Waals surface area contributed by atoms with Crippen LogP contribution in [-0.2, 0) is 9.59 Å². The van der Waals surface area contributed by atoms with Gasteiger partial charge in [0.1, 0.15) is 0 Å². The number of hydrogen-bond donors (Lipinski definition) is 2. The topological polar surface area (TPSA) is 104 Å². The number of hydrogen-bond acceptors (Lipinski definition) is 4.